The number of hydrogen-bond donors (Lipinski definition) is 2. The maximum atomic E-state index is 13.8. The van der Waals surface area contributed by atoms with Crippen molar-refractivity contribution in [2.45, 2.75) is 110 Å². The fourth-order valence-corrected chi connectivity index (χ4v) is 6.93. The molecule has 2 aliphatic rings. The number of carboxylic acid groups (broad SMARTS) is 1. The quantitative estimate of drug-likeness (QED) is 0.224. The number of benzene rings is 1. The van der Waals surface area contributed by atoms with Gasteiger partial charge in [0.15, 0.2) is 0 Å². The molecule has 7 nitrogen and oxygen atoms in total. The highest BCUT2D eigenvalue weighted by Crippen LogP contribution is 2.36. The van der Waals surface area contributed by atoms with E-state index >= 15 is 0 Å². The number of likely N-dealkylation sites (tertiary alicyclic amines) is 1. The van der Waals surface area contributed by atoms with E-state index < -0.39 is 6.09 Å². The summed E-state index contributed by atoms with van der Waals surface area (Å²) in [6.45, 7) is 12.1. The average molecular weight is 572 g/mol. The van der Waals surface area contributed by atoms with Gasteiger partial charge in [0.05, 0.1) is 0 Å². The number of carbonyl (C=O) groups is 2. The van der Waals surface area contributed by atoms with Crippen LogP contribution in [0.15, 0.2) is 30.3 Å². The van der Waals surface area contributed by atoms with E-state index in [1.807, 2.05) is 11.8 Å². The highest BCUT2D eigenvalue weighted by molar-refractivity contribution is 5.75. The minimum Gasteiger partial charge on any atom is -0.465 e. The molecule has 2 N–H and O–H groups in total. The molecule has 0 bridgehead atoms. The van der Waals surface area contributed by atoms with E-state index in [1.165, 1.54) is 42.6 Å². The van der Waals surface area contributed by atoms with Crippen LogP contribution in [0.25, 0.3) is 0 Å². The standard InChI is InChI=1S/C34H57N3O4/c1-5-41-22-13-12-20-31(28-17-10-7-11-18-28)29-19-14-21-36(24-29)32(38)35-30(23-27-15-8-6-9-16-27)25-37(33(39)40)26-34(2,3)4/h7,10-11,17-18,27,29-31H,5-6,8-9,12-16,19-26H2,1-4H3,(H,35,38)(H,39,40)/t29-,30+,31+/m1/s1. The molecule has 1 saturated heterocycles. The van der Waals surface area contributed by atoms with Crippen LogP contribution in [0.3, 0.4) is 0 Å². The van der Waals surface area contributed by atoms with Crippen LogP contribution >= 0.6 is 0 Å². The predicted octanol–water partition coefficient (Wildman–Crippen LogP) is 7.76. The lowest BCUT2D eigenvalue weighted by Gasteiger charge is -2.39. The van der Waals surface area contributed by atoms with E-state index in [0.29, 0.717) is 30.8 Å². The van der Waals surface area contributed by atoms with Gasteiger partial charge in [-0.3, -0.25) is 0 Å². The zero-order chi connectivity index (χ0) is 29.7. The normalized spacial score (nSPS) is 19.9. The van der Waals surface area contributed by atoms with Gasteiger partial charge in [-0.15, -0.1) is 0 Å². The van der Waals surface area contributed by atoms with Gasteiger partial charge < -0.3 is 25.0 Å². The van der Waals surface area contributed by atoms with E-state index in [-0.39, 0.29) is 17.5 Å². The Morgan fingerprint density at radius 2 is 1.80 bits per heavy atom. The fourth-order valence-electron chi connectivity index (χ4n) is 6.93. The molecule has 3 amide bonds. The summed E-state index contributed by atoms with van der Waals surface area (Å²) in [6, 6.07) is 10.6. The summed E-state index contributed by atoms with van der Waals surface area (Å²) < 4.78 is 5.57. The Morgan fingerprint density at radius 3 is 2.46 bits per heavy atom. The molecule has 1 aliphatic heterocycles. The van der Waals surface area contributed by atoms with Gasteiger partial charge in [-0.2, -0.15) is 0 Å². The van der Waals surface area contributed by atoms with Gasteiger partial charge in [-0.1, -0.05) is 89.6 Å². The molecule has 0 aromatic heterocycles. The van der Waals surface area contributed by atoms with Crippen molar-refractivity contribution in [1.29, 1.82) is 0 Å². The van der Waals surface area contributed by atoms with Gasteiger partial charge in [0, 0.05) is 45.4 Å². The summed E-state index contributed by atoms with van der Waals surface area (Å²) in [5, 5.41) is 13.3. The largest absolute Gasteiger partial charge is 0.465 e. The summed E-state index contributed by atoms with van der Waals surface area (Å²) >= 11 is 0. The minimum atomic E-state index is -0.907. The third-order valence-electron chi connectivity index (χ3n) is 8.85. The van der Waals surface area contributed by atoms with E-state index in [0.717, 1.165) is 64.8 Å². The second-order valence-corrected chi connectivity index (χ2v) is 13.7. The number of urea groups is 1. The molecular formula is C34H57N3O4. The van der Waals surface area contributed by atoms with Crippen LogP contribution in [-0.2, 0) is 4.74 Å². The van der Waals surface area contributed by atoms with Gasteiger partial charge in [-0.25, -0.2) is 9.59 Å². The molecule has 232 valence electrons. The van der Waals surface area contributed by atoms with Crippen LogP contribution in [0, 0.1) is 17.3 Å². The summed E-state index contributed by atoms with van der Waals surface area (Å²) in [5.41, 5.74) is 1.22. The van der Waals surface area contributed by atoms with Crippen molar-refractivity contribution in [3.8, 4) is 0 Å². The third-order valence-corrected chi connectivity index (χ3v) is 8.85. The fraction of sp³-hybridized carbons (Fsp3) is 0.765. The SMILES string of the molecule is CCOCCCC[C@@H](c1ccccc1)[C@@H]1CCCN(C(=O)N[C@@H](CC2CCCCC2)CN(CC(C)(C)C)C(=O)O)C1. The molecule has 1 aromatic carbocycles. The van der Waals surface area contributed by atoms with Crippen LogP contribution in [0.1, 0.15) is 110 Å². The number of piperidine rings is 1. The van der Waals surface area contributed by atoms with Crippen LogP contribution in [-0.4, -0.2) is 72.5 Å². The van der Waals surface area contributed by atoms with Crippen LogP contribution in [0.5, 0.6) is 0 Å². The average Bonchev–Trinajstić information content (AvgIpc) is 2.95. The molecule has 1 aromatic rings. The second-order valence-electron chi connectivity index (χ2n) is 13.7. The first-order valence-electron chi connectivity index (χ1n) is 16.3. The number of nitrogens with one attached hydrogen (secondary N) is 1. The molecule has 1 saturated carbocycles. The van der Waals surface area contributed by atoms with E-state index in [4.69, 9.17) is 4.74 Å². The Labute approximate surface area is 249 Å². The van der Waals surface area contributed by atoms with Gasteiger partial charge in [0.1, 0.15) is 0 Å². The van der Waals surface area contributed by atoms with Gasteiger partial charge in [0.2, 0.25) is 0 Å². The lowest BCUT2D eigenvalue weighted by Crippen LogP contribution is -2.53. The van der Waals surface area contributed by atoms with Crippen LogP contribution < -0.4 is 5.32 Å². The van der Waals surface area contributed by atoms with Crippen LogP contribution in [0.4, 0.5) is 9.59 Å². The van der Waals surface area contributed by atoms with Crippen molar-refractivity contribution in [3.63, 3.8) is 0 Å². The Morgan fingerprint density at radius 1 is 1.07 bits per heavy atom. The number of rotatable bonds is 14. The highest BCUT2D eigenvalue weighted by atomic mass is 16.5. The summed E-state index contributed by atoms with van der Waals surface area (Å²) in [7, 11) is 0. The molecule has 41 heavy (non-hydrogen) atoms. The first-order valence-corrected chi connectivity index (χ1v) is 16.3. The molecule has 0 spiro atoms. The highest BCUT2D eigenvalue weighted by Gasteiger charge is 2.32. The maximum absolute atomic E-state index is 13.8. The molecule has 2 fully saturated rings. The summed E-state index contributed by atoms with van der Waals surface area (Å²) in [5.74, 6) is 1.38. The third kappa shape index (κ3) is 11.9. The maximum Gasteiger partial charge on any atom is 0.407 e. The van der Waals surface area contributed by atoms with Crippen molar-refractivity contribution >= 4 is 12.1 Å². The molecule has 0 radical (unpaired) electrons. The number of ether oxygens (including phenoxy) is 1. The van der Waals surface area contributed by atoms with Gasteiger partial charge in [-0.05, 0) is 67.8 Å². The molecule has 1 heterocycles. The monoisotopic (exact) mass is 571 g/mol. The number of nitrogens with zero attached hydrogens (tertiary/aromatic N) is 2. The van der Waals surface area contributed by atoms with Crippen molar-refractivity contribution in [1.82, 2.24) is 15.1 Å². The summed E-state index contributed by atoms with van der Waals surface area (Å²) in [6.07, 6.45) is 11.4. The Balaban J connectivity index is 1.68. The van der Waals surface area contributed by atoms with Crippen molar-refractivity contribution in [2.75, 3.05) is 39.4 Å². The zero-order valence-electron chi connectivity index (χ0n) is 26.3. The van der Waals surface area contributed by atoms with E-state index in [2.05, 4.69) is 56.4 Å². The number of hydrogen-bond acceptors (Lipinski definition) is 3. The lowest BCUT2D eigenvalue weighted by atomic mass is 9.78. The van der Waals surface area contributed by atoms with E-state index in [9.17, 15) is 14.7 Å². The van der Waals surface area contributed by atoms with Gasteiger partial charge >= 0.3 is 12.1 Å². The molecule has 7 heteroatoms. The first kappa shape index (κ1) is 33.2. The van der Waals surface area contributed by atoms with E-state index in [1.54, 1.807) is 0 Å². The number of amides is 3. The first-order chi connectivity index (χ1) is 19.7. The number of unbranched alkanes of at least 4 members (excludes halogenated alkanes) is 1. The Kier molecular flexibility index (Phi) is 13.8. The Hall–Kier alpha value is -2.28. The molecular weight excluding hydrogens is 514 g/mol. The zero-order valence-corrected chi connectivity index (χ0v) is 26.3. The van der Waals surface area contributed by atoms with Crippen LogP contribution in [0.2, 0.25) is 0 Å². The molecule has 0 unspecified atom stereocenters. The number of carbonyl (C=O) groups excluding carboxylic acids is 1. The van der Waals surface area contributed by atoms with Crippen molar-refractivity contribution < 1.29 is 19.4 Å². The predicted molar refractivity (Wildman–Crippen MR) is 166 cm³/mol. The molecule has 3 atom stereocenters. The molecule has 1 aliphatic carbocycles. The Bertz CT molecular complexity index is 897. The minimum absolute atomic E-state index is 0.0280. The smallest absolute Gasteiger partial charge is 0.407 e. The summed E-state index contributed by atoms with van der Waals surface area (Å²) in [4.78, 5) is 29.5. The van der Waals surface area contributed by atoms with Gasteiger partial charge in [0.25, 0.3) is 0 Å². The van der Waals surface area contributed by atoms with Crippen molar-refractivity contribution in [2.24, 2.45) is 17.3 Å². The molecule has 3 rings (SSSR count). The lowest BCUT2D eigenvalue weighted by molar-refractivity contribution is 0.112. The van der Waals surface area contributed by atoms with Crippen molar-refractivity contribution in [3.05, 3.63) is 35.9 Å². The second kappa shape index (κ2) is 17.0. The topological polar surface area (TPSA) is 82.1 Å².